The van der Waals surface area contributed by atoms with Crippen LogP contribution in [0.5, 0.6) is 0 Å². The predicted octanol–water partition coefficient (Wildman–Crippen LogP) is 3.76. The summed E-state index contributed by atoms with van der Waals surface area (Å²) in [7, 11) is 0. The van der Waals surface area contributed by atoms with Crippen molar-refractivity contribution in [3.05, 3.63) is 69.4 Å². The van der Waals surface area contributed by atoms with Crippen LogP contribution in [0.4, 0.5) is 4.39 Å². The van der Waals surface area contributed by atoms with Crippen LogP contribution in [0.25, 0.3) is 0 Å². The maximum atomic E-state index is 13.0. The van der Waals surface area contributed by atoms with Crippen LogP contribution in [-0.4, -0.2) is 17.9 Å². The minimum Gasteiger partial charge on any atom is -0.459 e. The molecule has 0 heterocycles. The van der Waals surface area contributed by atoms with Gasteiger partial charge in [0.05, 0.1) is 0 Å². The minimum absolute atomic E-state index is 0.00957. The molecule has 0 aliphatic heterocycles. The lowest BCUT2D eigenvalue weighted by atomic mass is 10.1. The van der Waals surface area contributed by atoms with Gasteiger partial charge in [0.2, 0.25) is 0 Å². The van der Waals surface area contributed by atoms with Crippen LogP contribution in [0, 0.1) is 12.7 Å². The number of halogens is 2. The fourth-order valence-corrected chi connectivity index (χ4v) is 2.50. The molecule has 6 heteroatoms. The molecule has 0 spiro atoms. The molecule has 4 nitrogen and oxygen atoms in total. The third kappa shape index (κ3) is 4.89. The van der Waals surface area contributed by atoms with E-state index in [1.54, 1.807) is 25.1 Å². The van der Waals surface area contributed by atoms with Gasteiger partial charge in [0, 0.05) is 15.6 Å². The third-order valence-electron chi connectivity index (χ3n) is 3.37. The Hall–Kier alpha value is -2.21. The molecule has 0 radical (unpaired) electrons. The van der Waals surface area contributed by atoms with Crippen molar-refractivity contribution >= 4 is 27.8 Å². The number of hydrogen-bond donors (Lipinski definition) is 1. The zero-order valence-electron chi connectivity index (χ0n) is 13.3. The molecule has 0 unspecified atom stereocenters. The van der Waals surface area contributed by atoms with E-state index in [1.807, 2.05) is 13.0 Å². The second kappa shape index (κ2) is 8.06. The summed E-state index contributed by atoms with van der Waals surface area (Å²) in [6, 6.07) is 10.4. The number of carbonyl (C=O) groups is 2. The summed E-state index contributed by atoms with van der Waals surface area (Å²) >= 11 is 3.21. The standard InChI is InChI=1S/C18H17BrFNO3/c1-11-4-3-5-13(8-11)17(22)21-12(2)18(23)24-10-14-6-7-15(20)9-16(14)19/h3-9,12H,10H2,1-2H3,(H,21,22)/t12-/m0/s1. The molecule has 0 aromatic heterocycles. The molecule has 2 aromatic rings. The van der Waals surface area contributed by atoms with Crippen molar-refractivity contribution in [2.45, 2.75) is 26.5 Å². The Kier molecular flexibility index (Phi) is 6.09. The average molecular weight is 394 g/mol. The highest BCUT2D eigenvalue weighted by Gasteiger charge is 2.18. The summed E-state index contributed by atoms with van der Waals surface area (Å²) in [6.45, 7) is 3.43. The Morgan fingerprint density at radius 3 is 2.67 bits per heavy atom. The van der Waals surface area contributed by atoms with Crippen molar-refractivity contribution in [1.29, 1.82) is 0 Å². The Morgan fingerprint density at radius 1 is 1.25 bits per heavy atom. The van der Waals surface area contributed by atoms with Gasteiger partial charge in [-0.05, 0) is 38.1 Å². The normalized spacial score (nSPS) is 11.7. The van der Waals surface area contributed by atoms with Crippen molar-refractivity contribution in [2.75, 3.05) is 0 Å². The first kappa shape index (κ1) is 18.1. The third-order valence-corrected chi connectivity index (χ3v) is 4.10. The summed E-state index contributed by atoms with van der Waals surface area (Å²) in [5.41, 5.74) is 2.08. The van der Waals surface area contributed by atoms with E-state index in [-0.39, 0.29) is 18.3 Å². The van der Waals surface area contributed by atoms with Gasteiger partial charge < -0.3 is 10.1 Å². The van der Waals surface area contributed by atoms with Crippen LogP contribution in [0.3, 0.4) is 0 Å². The fraction of sp³-hybridized carbons (Fsp3) is 0.222. The summed E-state index contributed by atoms with van der Waals surface area (Å²) in [5.74, 6) is -1.28. The predicted molar refractivity (Wildman–Crippen MR) is 92.0 cm³/mol. The van der Waals surface area contributed by atoms with Crippen LogP contribution >= 0.6 is 15.9 Å². The lowest BCUT2D eigenvalue weighted by Gasteiger charge is -2.14. The zero-order valence-corrected chi connectivity index (χ0v) is 14.9. The topological polar surface area (TPSA) is 55.4 Å². The molecule has 24 heavy (non-hydrogen) atoms. The van der Waals surface area contributed by atoms with Crippen LogP contribution < -0.4 is 5.32 Å². The average Bonchev–Trinajstić information content (AvgIpc) is 2.53. The fourth-order valence-electron chi connectivity index (χ4n) is 2.04. The Morgan fingerprint density at radius 2 is 2.00 bits per heavy atom. The lowest BCUT2D eigenvalue weighted by molar-refractivity contribution is -0.146. The van der Waals surface area contributed by atoms with Crippen LogP contribution in [0.15, 0.2) is 46.9 Å². The quantitative estimate of drug-likeness (QED) is 0.786. The number of nitrogens with one attached hydrogen (secondary N) is 1. The van der Waals surface area contributed by atoms with E-state index in [0.717, 1.165) is 5.56 Å². The van der Waals surface area contributed by atoms with Crippen LogP contribution in [-0.2, 0) is 16.1 Å². The van der Waals surface area contributed by atoms with Crippen molar-refractivity contribution in [3.8, 4) is 0 Å². The Bertz CT molecular complexity index is 764. The SMILES string of the molecule is Cc1cccc(C(=O)N[C@@H](C)C(=O)OCc2ccc(F)cc2Br)c1. The van der Waals surface area contributed by atoms with E-state index in [9.17, 15) is 14.0 Å². The van der Waals surface area contributed by atoms with Gasteiger partial charge in [-0.25, -0.2) is 9.18 Å². The van der Waals surface area contributed by atoms with Crippen LogP contribution in [0.1, 0.15) is 28.4 Å². The van der Waals surface area contributed by atoms with E-state index in [4.69, 9.17) is 4.74 Å². The highest BCUT2D eigenvalue weighted by Crippen LogP contribution is 2.19. The highest BCUT2D eigenvalue weighted by atomic mass is 79.9. The maximum absolute atomic E-state index is 13.0. The van der Waals surface area contributed by atoms with Crippen molar-refractivity contribution < 1.29 is 18.7 Å². The number of aryl methyl sites for hydroxylation is 1. The van der Waals surface area contributed by atoms with Gasteiger partial charge in [-0.3, -0.25) is 4.79 Å². The molecule has 0 fully saturated rings. The van der Waals surface area contributed by atoms with Gasteiger partial charge in [0.1, 0.15) is 18.5 Å². The molecule has 2 aromatic carbocycles. The number of amides is 1. The Balaban J connectivity index is 1.91. The van der Waals surface area contributed by atoms with Gasteiger partial charge in [-0.1, -0.05) is 39.7 Å². The van der Waals surface area contributed by atoms with E-state index < -0.39 is 12.0 Å². The summed E-state index contributed by atoms with van der Waals surface area (Å²) in [5, 5.41) is 2.60. The number of carbonyl (C=O) groups excluding carboxylic acids is 2. The van der Waals surface area contributed by atoms with E-state index in [1.165, 1.54) is 18.2 Å². The summed E-state index contributed by atoms with van der Waals surface area (Å²) < 4.78 is 18.7. The number of ether oxygens (including phenoxy) is 1. The largest absolute Gasteiger partial charge is 0.459 e. The number of hydrogen-bond acceptors (Lipinski definition) is 3. The van der Waals surface area contributed by atoms with Gasteiger partial charge >= 0.3 is 5.97 Å². The number of benzene rings is 2. The van der Waals surface area contributed by atoms with Gasteiger partial charge in [-0.15, -0.1) is 0 Å². The number of esters is 1. The van der Waals surface area contributed by atoms with E-state index in [2.05, 4.69) is 21.2 Å². The molecule has 0 bridgehead atoms. The lowest BCUT2D eigenvalue weighted by Crippen LogP contribution is -2.39. The van der Waals surface area contributed by atoms with Crippen molar-refractivity contribution in [3.63, 3.8) is 0 Å². The molecule has 0 saturated carbocycles. The first-order valence-electron chi connectivity index (χ1n) is 7.35. The molecule has 0 aliphatic carbocycles. The highest BCUT2D eigenvalue weighted by molar-refractivity contribution is 9.10. The van der Waals surface area contributed by atoms with Gasteiger partial charge in [0.15, 0.2) is 0 Å². The summed E-state index contributed by atoms with van der Waals surface area (Å²) in [6.07, 6.45) is 0. The molecule has 0 aliphatic rings. The molecule has 126 valence electrons. The van der Waals surface area contributed by atoms with Crippen molar-refractivity contribution in [1.82, 2.24) is 5.32 Å². The zero-order chi connectivity index (χ0) is 17.7. The molecule has 1 N–H and O–H groups in total. The van der Waals surface area contributed by atoms with Crippen molar-refractivity contribution in [2.24, 2.45) is 0 Å². The second-order valence-corrected chi connectivity index (χ2v) is 6.26. The molecular weight excluding hydrogens is 377 g/mol. The van der Waals surface area contributed by atoms with E-state index >= 15 is 0 Å². The molecule has 1 atom stereocenters. The van der Waals surface area contributed by atoms with E-state index in [0.29, 0.717) is 15.6 Å². The second-order valence-electron chi connectivity index (χ2n) is 5.41. The summed E-state index contributed by atoms with van der Waals surface area (Å²) in [4.78, 5) is 24.1. The minimum atomic E-state index is -0.794. The van der Waals surface area contributed by atoms with Gasteiger partial charge in [0.25, 0.3) is 5.91 Å². The first-order chi connectivity index (χ1) is 11.4. The monoisotopic (exact) mass is 393 g/mol. The maximum Gasteiger partial charge on any atom is 0.328 e. The van der Waals surface area contributed by atoms with Gasteiger partial charge in [-0.2, -0.15) is 0 Å². The Labute approximate surface area is 148 Å². The van der Waals surface area contributed by atoms with Crippen LogP contribution in [0.2, 0.25) is 0 Å². The smallest absolute Gasteiger partial charge is 0.328 e. The molecule has 1 amide bonds. The molecule has 2 rings (SSSR count). The molecular formula is C18H17BrFNO3. The first-order valence-corrected chi connectivity index (χ1v) is 8.14. The number of rotatable bonds is 5. The molecule has 0 saturated heterocycles.